The molecule has 0 heterocycles. The smallest absolute Gasteiger partial charge is 0.418 e. The Morgan fingerprint density at radius 3 is 1.62 bits per heavy atom. The van der Waals surface area contributed by atoms with Gasteiger partial charge in [0, 0.05) is 18.4 Å². The van der Waals surface area contributed by atoms with E-state index in [1.807, 2.05) is 0 Å². The number of rotatable bonds is 3. The van der Waals surface area contributed by atoms with Gasteiger partial charge >= 0.3 is 24.3 Å². The third-order valence-electron chi connectivity index (χ3n) is 3.45. The minimum absolute atomic E-state index is 0.146. The highest BCUT2D eigenvalue weighted by atomic mass is 19.4. The second kappa shape index (κ2) is 8.71. The summed E-state index contributed by atoms with van der Waals surface area (Å²) in [4.78, 5) is 20.9. The molecule has 2 aromatic rings. The maximum absolute atomic E-state index is 12.4. The number of alkyl halides is 6. The van der Waals surface area contributed by atoms with Gasteiger partial charge in [-0.05, 0) is 36.4 Å². The van der Waals surface area contributed by atoms with E-state index in [-0.39, 0.29) is 11.3 Å². The van der Waals surface area contributed by atoms with E-state index < -0.39 is 46.7 Å². The molecule has 2 aromatic carbocycles. The molecule has 29 heavy (non-hydrogen) atoms. The molecule has 0 radical (unpaired) electrons. The van der Waals surface area contributed by atoms with Crippen LogP contribution in [0.4, 0.5) is 37.7 Å². The lowest BCUT2D eigenvalue weighted by Crippen LogP contribution is -2.10. The lowest BCUT2D eigenvalue weighted by atomic mass is 10.1. The van der Waals surface area contributed by atoms with Crippen molar-refractivity contribution in [1.29, 1.82) is 0 Å². The highest BCUT2D eigenvalue weighted by Crippen LogP contribution is 2.35. The zero-order valence-corrected chi connectivity index (χ0v) is 14.5. The number of carboxylic acids is 2. The van der Waals surface area contributed by atoms with Crippen molar-refractivity contribution in [2.45, 2.75) is 12.4 Å². The van der Waals surface area contributed by atoms with E-state index in [2.05, 4.69) is 5.32 Å². The van der Waals surface area contributed by atoms with Gasteiger partial charge in [-0.25, -0.2) is 9.59 Å². The molecule has 0 aliphatic carbocycles. The number of carbonyl (C=O) groups is 2. The Kier molecular flexibility index (Phi) is 7.09. The molecular formula is C17H14F6N2O4. The summed E-state index contributed by atoms with van der Waals surface area (Å²) in [6, 6.07) is 5.26. The van der Waals surface area contributed by atoms with Crippen LogP contribution in [-0.4, -0.2) is 29.2 Å². The molecule has 6 nitrogen and oxygen atoms in total. The number of nitrogens with two attached hydrogens (primary N) is 1. The van der Waals surface area contributed by atoms with Crippen molar-refractivity contribution in [1.82, 2.24) is 0 Å². The number of hydrogen-bond donors (Lipinski definition) is 4. The van der Waals surface area contributed by atoms with Gasteiger partial charge in [-0.2, -0.15) is 26.3 Å². The predicted molar refractivity (Wildman–Crippen MR) is 90.8 cm³/mol. The van der Waals surface area contributed by atoms with E-state index in [4.69, 9.17) is 15.9 Å². The number of nitrogen functional groups attached to an aromatic ring is 1. The van der Waals surface area contributed by atoms with E-state index in [0.29, 0.717) is 12.1 Å². The molecule has 0 bridgehead atoms. The third kappa shape index (κ3) is 6.30. The number of aromatic carboxylic acids is 2. The second-order valence-electron chi connectivity index (χ2n) is 5.42. The summed E-state index contributed by atoms with van der Waals surface area (Å²) >= 11 is 0. The van der Waals surface area contributed by atoms with Gasteiger partial charge in [-0.15, -0.1) is 0 Å². The van der Waals surface area contributed by atoms with E-state index in [1.165, 1.54) is 7.05 Å². The minimum Gasteiger partial charge on any atom is -0.478 e. The number of nitrogens with one attached hydrogen (secondary N) is 1. The molecular weight excluding hydrogens is 410 g/mol. The highest BCUT2D eigenvalue weighted by molar-refractivity contribution is 5.89. The van der Waals surface area contributed by atoms with E-state index >= 15 is 0 Å². The molecule has 2 rings (SSSR count). The molecule has 0 unspecified atom stereocenters. The van der Waals surface area contributed by atoms with Crippen molar-refractivity contribution >= 4 is 23.3 Å². The maximum Gasteiger partial charge on any atom is 0.418 e. The van der Waals surface area contributed by atoms with Gasteiger partial charge in [0.15, 0.2) is 0 Å². The summed E-state index contributed by atoms with van der Waals surface area (Å²) in [6.07, 6.45) is -9.20. The van der Waals surface area contributed by atoms with Gasteiger partial charge in [0.1, 0.15) is 0 Å². The molecule has 0 spiro atoms. The second-order valence-corrected chi connectivity index (χ2v) is 5.42. The Bertz CT molecular complexity index is 910. The number of anilines is 2. The van der Waals surface area contributed by atoms with Crippen LogP contribution in [0.25, 0.3) is 0 Å². The third-order valence-corrected chi connectivity index (χ3v) is 3.45. The van der Waals surface area contributed by atoms with Gasteiger partial charge < -0.3 is 21.3 Å². The molecule has 0 amide bonds. The molecule has 5 N–H and O–H groups in total. The van der Waals surface area contributed by atoms with Crippen LogP contribution in [0, 0.1) is 0 Å². The van der Waals surface area contributed by atoms with Crippen LogP contribution in [-0.2, 0) is 12.4 Å². The molecule has 0 saturated heterocycles. The van der Waals surface area contributed by atoms with Crippen LogP contribution in [0.15, 0.2) is 36.4 Å². The molecule has 0 aliphatic heterocycles. The predicted octanol–water partition coefficient (Wildman–Crippen LogP) is 4.43. The van der Waals surface area contributed by atoms with Gasteiger partial charge in [0.25, 0.3) is 0 Å². The van der Waals surface area contributed by atoms with Gasteiger partial charge in [-0.1, -0.05) is 0 Å². The van der Waals surface area contributed by atoms with Crippen LogP contribution < -0.4 is 11.1 Å². The van der Waals surface area contributed by atoms with Crippen molar-refractivity contribution in [2.75, 3.05) is 18.1 Å². The Labute approximate surface area is 159 Å². The first-order valence-electron chi connectivity index (χ1n) is 7.50. The summed E-state index contributed by atoms with van der Waals surface area (Å²) in [6.45, 7) is 0. The molecule has 158 valence electrons. The number of halogens is 6. The Morgan fingerprint density at radius 1 is 0.828 bits per heavy atom. The van der Waals surface area contributed by atoms with Crippen LogP contribution in [0.5, 0.6) is 0 Å². The van der Waals surface area contributed by atoms with E-state index in [0.717, 1.165) is 24.3 Å². The summed E-state index contributed by atoms with van der Waals surface area (Å²) in [5, 5.41) is 19.4. The average Bonchev–Trinajstić information content (AvgIpc) is 2.60. The van der Waals surface area contributed by atoms with Crippen molar-refractivity contribution in [3.05, 3.63) is 58.7 Å². The Morgan fingerprint density at radius 2 is 1.24 bits per heavy atom. The number of benzene rings is 2. The normalized spacial score (nSPS) is 11.3. The summed E-state index contributed by atoms with van der Waals surface area (Å²) in [5.41, 5.74) is 1.50. The maximum atomic E-state index is 12.4. The topological polar surface area (TPSA) is 113 Å². The lowest BCUT2D eigenvalue weighted by molar-refractivity contribution is -0.137. The quantitative estimate of drug-likeness (QED) is 0.428. The van der Waals surface area contributed by atoms with Crippen LogP contribution in [0.3, 0.4) is 0 Å². The highest BCUT2D eigenvalue weighted by Gasteiger charge is 2.34. The van der Waals surface area contributed by atoms with E-state index in [1.54, 1.807) is 0 Å². The average molecular weight is 424 g/mol. The lowest BCUT2D eigenvalue weighted by Gasteiger charge is -2.12. The van der Waals surface area contributed by atoms with Crippen LogP contribution >= 0.6 is 0 Å². The zero-order chi connectivity index (χ0) is 22.6. The molecule has 0 atom stereocenters. The zero-order valence-electron chi connectivity index (χ0n) is 14.5. The molecule has 0 aromatic heterocycles. The Balaban J connectivity index is 0.000000291. The fourth-order valence-electron chi connectivity index (χ4n) is 2.06. The molecule has 12 heteroatoms. The number of carboxylic acid groups (broad SMARTS) is 2. The van der Waals surface area contributed by atoms with Gasteiger partial charge in [0.05, 0.1) is 22.3 Å². The van der Waals surface area contributed by atoms with Crippen molar-refractivity contribution in [3.8, 4) is 0 Å². The van der Waals surface area contributed by atoms with Crippen molar-refractivity contribution < 1.29 is 46.1 Å². The minimum atomic E-state index is -4.63. The fourth-order valence-corrected chi connectivity index (χ4v) is 2.06. The van der Waals surface area contributed by atoms with Crippen LogP contribution in [0.1, 0.15) is 31.8 Å². The summed E-state index contributed by atoms with van der Waals surface area (Å²) < 4.78 is 74.0. The fraction of sp³-hybridized carbons (Fsp3) is 0.176. The summed E-state index contributed by atoms with van der Waals surface area (Å²) in [5.74, 6) is -2.81. The molecule has 0 saturated carbocycles. The molecule has 0 fully saturated rings. The first-order valence-corrected chi connectivity index (χ1v) is 7.50. The van der Waals surface area contributed by atoms with Gasteiger partial charge in [0.2, 0.25) is 0 Å². The molecule has 0 aliphatic rings. The van der Waals surface area contributed by atoms with Crippen LogP contribution in [0.2, 0.25) is 0 Å². The largest absolute Gasteiger partial charge is 0.478 e. The van der Waals surface area contributed by atoms with Crippen molar-refractivity contribution in [3.63, 3.8) is 0 Å². The first-order chi connectivity index (χ1) is 13.2. The monoisotopic (exact) mass is 424 g/mol. The first kappa shape index (κ1) is 23.6. The van der Waals surface area contributed by atoms with E-state index in [9.17, 15) is 35.9 Å². The number of hydrogen-bond acceptors (Lipinski definition) is 4. The van der Waals surface area contributed by atoms with Crippen molar-refractivity contribution in [2.24, 2.45) is 0 Å². The Hall–Kier alpha value is -3.44. The SMILES string of the molecule is CNc1ccc(C(=O)O)cc1C(F)(F)F.Nc1ccc(C(=O)O)cc1C(F)(F)F. The summed E-state index contributed by atoms with van der Waals surface area (Å²) in [7, 11) is 1.34. The standard InChI is InChI=1S/C9H8F3NO2.C8H6F3NO2/c1-13-7-3-2-5(8(14)15)4-6(7)9(10,11)12;9-8(10,11)5-3-4(7(13)14)1-2-6(5)12/h2-4,13H,1H3,(H,14,15);1-3H,12H2,(H,13,14). The van der Waals surface area contributed by atoms with Gasteiger partial charge in [-0.3, -0.25) is 0 Å².